The van der Waals surface area contributed by atoms with Crippen LogP contribution in [0.25, 0.3) is 0 Å². The molecule has 11 heteroatoms. The Kier molecular flexibility index (Phi) is 3.66. The van der Waals surface area contributed by atoms with Crippen molar-refractivity contribution in [2.75, 3.05) is 5.43 Å². The minimum Gasteiger partial charge on any atom is -0.271 e. The summed E-state index contributed by atoms with van der Waals surface area (Å²) in [5.41, 5.74) is 3.61. The lowest BCUT2D eigenvalue weighted by atomic mass is 9.99. The SMILES string of the molecule is O=[N+]([O-])c1ccc(N/N=C2/CCCc3nonc32)c([N+](=O)[O-])c1. The van der Waals surface area contributed by atoms with E-state index in [1.54, 1.807) is 0 Å². The number of anilines is 1. The van der Waals surface area contributed by atoms with Gasteiger partial charge in [-0.1, -0.05) is 5.16 Å². The van der Waals surface area contributed by atoms with Gasteiger partial charge in [-0.2, -0.15) is 5.10 Å². The Balaban J connectivity index is 1.91. The second-order valence-corrected chi connectivity index (χ2v) is 4.80. The highest BCUT2D eigenvalue weighted by Gasteiger charge is 2.23. The Hall–Kier alpha value is -3.37. The van der Waals surface area contributed by atoms with E-state index in [0.717, 1.165) is 18.9 Å². The number of non-ortho nitro benzene ring substituents is 1. The Bertz CT molecular complexity index is 814. The number of nitrogens with zero attached hydrogens (tertiary/aromatic N) is 5. The van der Waals surface area contributed by atoms with Gasteiger partial charge >= 0.3 is 5.69 Å². The zero-order chi connectivity index (χ0) is 16.4. The van der Waals surface area contributed by atoms with Crippen LogP contribution in [0.1, 0.15) is 24.2 Å². The second kappa shape index (κ2) is 5.79. The Morgan fingerprint density at radius 2 is 2.00 bits per heavy atom. The summed E-state index contributed by atoms with van der Waals surface area (Å²) < 4.78 is 4.66. The van der Waals surface area contributed by atoms with E-state index in [1.165, 1.54) is 12.1 Å². The molecule has 1 heterocycles. The van der Waals surface area contributed by atoms with E-state index in [-0.39, 0.29) is 11.4 Å². The van der Waals surface area contributed by atoms with E-state index in [4.69, 9.17) is 0 Å². The molecule has 0 atom stereocenters. The largest absolute Gasteiger partial charge is 0.301 e. The van der Waals surface area contributed by atoms with Gasteiger partial charge in [-0.3, -0.25) is 25.7 Å². The minimum absolute atomic E-state index is 0.0525. The average molecular weight is 318 g/mol. The third-order valence-corrected chi connectivity index (χ3v) is 3.36. The van der Waals surface area contributed by atoms with Crippen LogP contribution in [-0.2, 0) is 6.42 Å². The van der Waals surface area contributed by atoms with Crippen LogP contribution < -0.4 is 5.43 Å². The van der Waals surface area contributed by atoms with Crippen molar-refractivity contribution >= 4 is 22.8 Å². The number of nitro benzene ring substituents is 2. The highest BCUT2D eigenvalue weighted by molar-refractivity contribution is 6.00. The molecule has 3 rings (SSSR count). The molecule has 0 aliphatic heterocycles. The first-order valence-electron chi connectivity index (χ1n) is 6.63. The number of fused-ring (bicyclic) bond motifs is 1. The molecular formula is C12H10N6O5. The van der Waals surface area contributed by atoms with Crippen molar-refractivity contribution < 1.29 is 14.5 Å². The van der Waals surface area contributed by atoms with Crippen molar-refractivity contribution in [2.45, 2.75) is 19.3 Å². The lowest BCUT2D eigenvalue weighted by Gasteiger charge is -2.10. The fraction of sp³-hybridized carbons (Fsp3) is 0.250. The van der Waals surface area contributed by atoms with Gasteiger partial charge in [0.05, 0.1) is 21.6 Å². The fourth-order valence-corrected chi connectivity index (χ4v) is 2.25. The zero-order valence-corrected chi connectivity index (χ0v) is 11.6. The van der Waals surface area contributed by atoms with Gasteiger partial charge in [0.1, 0.15) is 11.4 Å². The molecule has 0 unspecified atom stereocenters. The first-order chi connectivity index (χ1) is 11.1. The summed E-state index contributed by atoms with van der Waals surface area (Å²) in [7, 11) is 0. The van der Waals surface area contributed by atoms with E-state index in [9.17, 15) is 20.2 Å². The van der Waals surface area contributed by atoms with Gasteiger partial charge in [-0.05, 0) is 30.5 Å². The van der Waals surface area contributed by atoms with Crippen molar-refractivity contribution in [3.05, 3.63) is 49.8 Å². The van der Waals surface area contributed by atoms with E-state index >= 15 is 0 Å². The number of aryl methyl sites for hydroxylation is 1. The number of aromatic nitrogens is 2. The Labute approximate surface area is 128 Å². The van der Waals surface area contributed by atoms with Crippen LogP contribution in [-0.4, -0.2) is 25.9 Å². The summed E-state index contributed by atoms with van der Waals surface area (Å²) in [5.74, 6) is 0. The summed E-state index contributed by atoms with van der Waals surface area (Å²) in [6, 6.07) is 3.29. The van der Waals surface area contributed by atoms with Crippen LogP contribution >= 0.6 is 0 Å². The molecule has 0 bridgehead atoms. The normalized spacial score (nSPS) is 15.2. The topological polar surface area (TPSA) is 150 Å². The van der Waals surface area contributed by atoms with Crippen LogP contribution in [0, 0.1) is 20.2 Å². The van der Waals surface area contributed by atoms with Crippen LogP contribution in [0.3, 0.4) is 0 Å². The number of hydrogen-bond donors (Lipinski definition) is 1. The van der Waals surface area contributed by atoms with Crippen molar-refractivity contribution in [1.82, 2.24) is 10.3 Å². The van der Waals surface area contributed by atoms with Gasteiger partial charge < -0.3 is 0 Å². The number of nitrogens with one attached hydrogen (secondary N) is 1. The summed E-state index contributed by atoms with van der Waals surface area (Å²) >= 11 is 0. The summed E-state index contributed by atoms with van der Waals surface area (Å²) in [5, 5.41) is 33.4. The third kappa shape index (κ3) is 2.84. The van der Waals surface area contributed by atoms with E-state index in [1.807, 2.05) is 0 Å². The number of hydrazone groups is 1. The monoisotopic (exact) mass is 318 g/mol. The molecule has 2 aromatic rings. The highest BCUT2D eigenvalue weighted by Crippen LogP contribution is 2.29. The van der Waals surface area contributed by atoms with Gasteiger partial charge in [0.2, 0.25) is 0 Å². The number of benzene rings is 1. The predicted octanol–water partition coefficient (Wildman–Crippen LogP) is 2.04. The minimum atomic E-state index is -0.709. The summed E-state index contributed by atoms with van der Waals surface area (Å²) in [6.45, 7) is 0. The van der Waals surface area contributed by atoms with Crippen LogP contribution in [0.4, 0.5) is 17.1 Å². The standard InChI is InChI=1S/C12H10N6O5/c19-17(20)7-4-5-8(11(6-7)18(21)22)13-14-9-2-1-3-10-12(9)16-23-15-10/h4-6,13H,1-3H2/b14-9-. The van der Waals surface area contributed by atoms with Crippen molar-refractivity contribution in [3.63, 3.8) is 0 Å². The van der Waals surface area contributed by atoms with Crippen LogP contribution in [0.2, 0.25) is 0 Å². The van der Waals surface area contributed by atoms with Crippen molar-refractivity contribution in [3.8, 4) is 0 Å². The van der Waals surface area contributed by atoms with Gasteiger partial charge in [0.15, 0.2) is 5.69 Å². The van der Waals surface area contributed by atoms with E-state index in [0.29, 0.717) is 23.5 Å². The molecule has 118 valence electrons. The lowest BCUT2D eigenvalue weighted by Crippen LogP contribution is -2.13. The van der Waals surface area contributed by atoms with E-state index < -0.39 is 15.5 Å². The first kappa shape index (κ1) is 14.6. The van der Waals surface area contributed by atoms with Crippen LogP contribution in [0.5, 0.6) is 0 Å². The maximum absolute atomic E-state index is 11.1. The molecule has 11 nitrogen and oxygen atoms in total. The maximum atomic E-state index is 11.1. The molecule has 0 radical (unpaired) electrons. The molecule has 0 fully saturated rings. The molecule has 23 heavy (non-hydrogen) atoms. The lowest BCUT2D eigenvalue weighted by molar-refractivity contribution is -0.393. The average Bonchev–Trinajstić information content (AvgIpc) is 3.01. The first-order valence-corrected chi connectivity index (χ1v) is 6.63. The molecule has 0 spiro atoms. The van der Waals surface area contributed by atoms with Gasteiger partial charge in [0, 0.05) is 6.07 Å². The predicted molar refractivity (Wildman–Crippen MR) is 77.1 cm³/mol. The van der Waals surface area contributed by atoms with E-state index in [2.05, 4.69) is 25.5 Å². The number of nitro groups is 2. The molecule has 0 saturated heterocycles. The molecular weight excluding hydrogens is 308 g/mol. The van der Waals surface area contributed by atoms with Crippen LogP contribution in [0.15, 0.2) is 27.9 Å². The Morgan fingerprint density at radius 1 is 1.17 bits per heavy atom. The summed E-state index contributed by atoms with van der Waals surface area (Å²) in [4.78, 5) is 20.4. The summed E-state index contributed by atoms with van der Waals surface area (Å²) in [6.07, 6.45) is 2.16. The van der Waals surface area contributed by atoms with Crippen molar-refractivity contribution in [1.29, 1.82) is 0 Å². The maximum Gasteiger partial charge on any atom is 0.301 e. The molecule has 1 aliphatic rings. The second-order valence-electron chi connectivity index (χ2n) is 4.80. The zero-order valence-electron chi connectivity index (χ0n) is 11.6. The molecule has 1 aliphatic carbocycles. The quantitative estimate of drug-likeness (QED) is 0.664. The number of hydrogen-bond acceptors (Lipinski definition) is 9. The van der Waals surface area contributed by atoms with Gasteiger partial charge in [0.25, 0.3) is 5.69 Å². The molecule has 1 aromatic heterocycles. The molecule has 1 aromatic carbocycles. The van der Waals surface area contributed by atoms with Gasteiger partial charge in [-0.15, -0.1) is 0 Å². The smallest absolute Gasteiger partial charge is 0.271 e. The molecule has 1 N–H and O–H groups in total. The third-order valence-electron chi connectivity index (χ3n) is 3.36. The van der Waals surface area contributed by atoms with Crippen molar-refractivity contribution in [2.24, 2.45) is 5.10 Å². The highest BCUT2D eigenvalue weighted by atomic mass is 16.6. The van der Waals surface area contributed by atoms with Gasteiger partial charge in [-0.25, -0.2) is 4.63 Å². The molecule has 0 saturated carbocycles. The molecule has 0 amide bonds. The Morgan fingerprint density at radius 3 is 2.74 bits per heavy atom. The fourth-order valence-electron chi connectivity index (χ4n) is 2.25. The number of rotatable bonds is 4.